The van der Waals surface area contributed by atoms with Crippen molar-refractivity contribution in [2.24, 2.45) is 68.5 Å². The number of allylic oxidation sites excluding steroid dienone is 5. The summed E-state index contributed by atoms with van der Waals surface area (Å²) in [6.07, 6.45) is 53.6. The smallest absolute Gasteiger partial charge is 0.0802 e. The van der Waals surface area contributed by atoms with Crippen LogP contribution in [0.3, 0.4) is 0 Å². The largest absolute Gasteiger partial charge is 0.381 e. The van der Waals surface area contributed by atoms with E-state index < -0.39 is 0 Å². The number of nitrogens with zero attached hydrogens (tertiary/aromatic N) is 3. The second-order valence-corrected chi connectivity index (χ2v) is 28.9. The molecule has 9 rings (SSSR count). The van der Waals surface area contributed by atoms with Crippen LogP contribution in [0.4, 0.5) is 0 Å². The number of azo groups is 1. The normalized spacial score (nSPS) is 16.4. The number of ether oxygens (including phenoxy) is 2. The van der Waals surface area contributed by atoms with E-state index in [1.54, 1.807) is 12.4 Å². The predicted molar refractivity (Wildman–Crippen MR) is 394 cm³/mol. The molecule has 0 aromatic heterocycles. The molecular weight excluding hydrogens is 1020 g/mol. The predicted octanol–water partition coefficient (Wildman–Crippen LogP) is 27.0. The van der Waals surface area contributed by atoms with Gasteiger partial charge in [-0.05, 0) is 136 Å². The molecule has 4 aliphatic carbocycles. The molecule has 6 heteroatoms. The number of aliphatic imine (C=N–C) groups is 1. The minimum Gasteiger partial charge on any atom is -0.381 e. The molecule has 1 N–H and O–H groups in total. The fourth-order valence-electron chi connectivity index (χ4n) is 5.73. The molecule has 0 atom stereocenters. The van der Waals surface area contributed by atoms with E-state index in [4.69, 9.17) is 9.47 Å². The minimum absolute atomic E-state index is 0.778. The van der Waals surface area contributed by atoms with Crippen molar-refractivity contribution in [1.82, 2.24) is 5.32 Å². The molecule has 0 unspecified atom stereocenters. The van der Waals surface area contributed by atoms with Crippen molar-refractivity contribution in [1.29, 1.82) is 0 Å². The zero-order valence-corrected chi connectivity index (χ0v) is 63.4. The first-order chi connectivity index (χ1) is 39.6. The first-order valence-electron chi connectivity index (χ1n) is 35.9. The van der Waals surface area contributed by atoms with Crippen LogP contribution in [0.25, 0.3) is 0 Å². The molecule has 3 saturated heterocycles. The lowest BCUT2D eigenvalue weighted by Crippen LogP contribution is -2.03. The SMILES string of the molecule is C1=CCCC=C1.C1=CCN=C1.C1=CN=NC1.C1CCCC1.C1CCCC1.C1CCCCC1.C1CCNC1.C1CCOC1.C1CCOCC1.CC(C)C.CC(C)C.CC(C)C.CC(C)C.CC(C)C.CC(C)C.CC(C)C.CC(C)C.CC(C)C. The van der Waals surface area contributed by atoms with Gasteiger partial charge in [-0.15, -0.1) is 0 Å². The third kappa shape index (κ3) is 236. The molecule has 9 aliphatic rings. The van der Waals surface area contributed by atoms with Crippen LogP contribution in [0.2, 0.25) is 0 Å². The summed E-state index contributed by atoms with van der Waals surface area (Å²) < 4.78 is 10.0. The van der Waals surface area contributed by atoms with Crippen molar-refractivity contribution in [2.45, 2.75) is 347 Å². The lowest BCUT2D eigenvalue weighted by atomic mass is 10.0. The van der Waals surface area contributed by atoms with Crippen LogP contribution in [0.5, 0.6) is 0 Å². The lowest BCUT2D eigenvalue weighted by molar-refractivity contribution is 0.0968. The van der Waals surface area contributed by atoms with E-state index in [9.17, 15) is 0 Å². The first kappa shape index (κ1) is 101. The van der Waals surface area contributed by atoms with Gasteiger partial charge in [0, 0.05) is 38.8 Å². The maximum atomic E-state index is 5.07. The van der Waals surface area contributed by atoms with Gasteiger partial charge in [0.1, 0.15) is 0 Å². The summed E-state index contributed by atoms with van der Waals surface area (Å²) in [6, 6.07) is 0. The third-order valence-corrected chi connectivity index (χ3v) is 8.72. The second-order valence-electron chi connectivity index (χ2n) is 28.9. The van der Waals surface area contributed by atoms with E-state index in [0.29, 0.717) is 0 Å². The molecule has 5 aliphatic heterocycles. The minimum atomic E-state index is 0.778. The van der Waals surface area contributed by atoms with Gasteiger partial charge in [-0.3, -0.25) is 4.99 Å². The van der Waals surface area contributed by atoms with Crippen LogP contribution in [-0.4, -0.2) is 58.8 Å². The second kappa shape index (κ2) is 97.4. The molecule has 0 aromatic rings. The molecule has 0 amide bonds. The monoisotopic (exact) mass is 1190 g/mol. The van der Waals surface area contributed by atoms with Crippen LogP contribution in [0, 0.1) is 53.3 Å². The van der Waals surface area contributed by atoms with Crippen molar-refractivity contribution >= 4 is 6.21 Å². The topological polar surface area (TPSA) is 67.6 Å². The fourth-order valence-corrected chi connectivity index (χ4v) is 5.73. The van der Waals surface area contributed by atoms with Crippen molar-refractivity contribution in [3.05, 3.63) is 48.7 Å². The van der Waals surface area contributed by atoms with Gasteiger partial charge in [0.25, 0.3) is 0 Å². The Morgan fingerprint density at radius 3 is 0.595 bits per heavy atom. The summed E-state index contributed by atoms with van der Waals surface area (Å²) in [7, 11) is 0. The number of hydrogen-bond acceptors (Lipinski definition) is 6. The number of hydrogen-bond donors (Lipinski definition) is 1. The highest BCUT2D eigenvalue weighted by Crippen LogP contribution is 2.16. The number of nitrogens with one attached hydrogen (secondary N) is 1. The van der Waals surface area contributed by atoms with Crippen LogP contribution in [0.15, 0.2) is 64.0 Å². The molecule has 6 fully saturated rings. The van der Waals surface area contributed by atoms with Crippen LogP contribution in [-0.2, 0) is 9.47 Å². The van der Waals surface area contributed by atoms with Gasteiger partial charge in [0.15, 0.2) is 0 Å². The number of rotatable bonds is 0. The van der Waals surface area contributed by atoms with E-state index in [2.05, 4.69) is 232 Å². The standard InChI is InChI=1S/C6H12.C6H8.C5H10O.2C5H10.C4H9N.C4H5N.C4H8O.9C4H10.C3H4N2/c3*1-2-4-6-5-3-1;5*1-2-4-5-3-1;9*1-4(2)3;1-2-4-5-3-1/h1-6H2;1-4H,5-6H2;1-5H2;2*1-5H2;5H,1-4H2;1-3H,4H2;1-4H2;9*4H,1-3H3;1-2H,3H2. The average Bonchev–Trinajstić information content (AvgIpc) is 4.28. The molecule has 3 saturated carbocycles. The van der Waals surface area contributed by atoms with Crippen molar-refractivity contribution in [3.63, 3.8) is 0 Å². The molecular formula is C78H166N4O2. The van der Waals surface area contributed by atoms with Gasteiger partial charge in [-0.1, -0.05) is 320 Å². The van der Waals surface area contributed by atoms with Crippen LogP contribution >= 0.6 is 0 Å². The van der Waals surface area contributed by atoms with Crippen LogP contribution in [0.1, 0.15) is 347 Å². The molecule has 0 radical (unpaired) electrons. The Morgan fingerprint density at radius 2 is 0.512 bits per heavy atom. The van der Waals surface area contributed by atoms with Gasteiger partial charge in [0.2, 0.25) is 0 Å². The summed E-state index contributed by atoms with van der Waals surface area (Å²) in [5.41, 5.74) is 0. The molecule has 5 heterocycles. The van der Waals surface area contributed by atoms with E-state index >= 15 is 0 Å². The van der Waals surface area contributed by atoms with Crippen molar-refractivity contribution in [3.8, 4) is 0 Å². The lowest BCUT2D eigenvalue weighted by Gasteiger charge is -2.08. The Bertz CT molecular complexity index is 917. The molecule has 84 heavy (non-hydrogen) atoms. The van der Waals surface area contributed by atoms with Gasteiger partial charge in [-0.2, -0.15) is 10.2 Å². The van der Waals surface area contributed by atoms with E-state index in [0.717, 1.165) is 92.8 Å². The highest BCUT2D eigenvalue weighted by molar-refractivity contribution is 5.73. The Kier molecular flexibility index (Phi) is 117. The summed E-state index contributed by atoms with van der Waals surface area (Å²) in [4.78, 5) is 3.85. The zero-order chi connectivity index (χ0) is 66.1. The van der Waals surface area contributed by atoms with Gasteiger partial charge < -0.3 is 14.8 Å². The maximum absolute atomic E-state index is 5.07. The molecule has 0 bridgehead atoms. The molecule has 510 valence electrons. The molecule has 6 nitrogen and oxygen atoms in total. The third-order valence-electron chi connectivity index (χ3n) is 8.72. The van der Waals surface area contributed by atoms with Crippen molar-refractivity contribution < 1.29 is 9.47 Å². The summed E-state index contributed by atoms with van der Waals surface area (Å²) >= 11 is 0. The molecule has 0 spiro atoms. The van der Waals surface area contributed by atoms with E-state index in [1.165, 1.54) is 174 Å². The molecule has 0 aromatic carbocycles. The fraction of sp³-hybridized carbons (Fsp3) is 0.885. The Balaban J connectivity index is -0.000000102. The Morgan fingerprint density at radius 1 is 0.274 bits per heavy atom. The first-order valence-corrected chi connectivity index (χ1v) is 35.9. The zero-order valence-electron chi connectivity index (χ0n) is 63.4. The maximum Gasteiger partial charge on any atom is 0.0802 e. The average molecular weight is 1190 g/mol. The van der Waals surface area contributed by atoms with Gasteiger partial charge >= 0.3 is 0 Å². The Hall–Kier alpha value is -1.89. The summed E-state index contributed by atoms with van der Waals surface area (Å²) in [5.74, 6) is 7.50. The van der Waals surface area contributed by atoms with Gasteiger partial charge in [0.05, 0.1) is 13.1 Å². The highest BCUT2D eigenvalue weighted by atomic mass is 16.5. The quantitative estimate of drug-likeness (QED) is 0.263. The van der Waals surface area contributed by atoms with Gasteiger partial charge in [-0.25, -0.2) is 0 Å². The van der Waals surface area contributed by atoms with Crippen molar-refractivity contribution in [2.75, 3.05) is 52.6 Å². The van der Waals surface area contributed by atoms with Crippen LogP contribution < -0.4 is 5.32 Å². The van der Waals surface area contributed by atoms with E-state index in [1.807, 2.05) is 18.2 Å². The summed E-state index contributed by atoms with van der Waals surface area (Å²) in [6.45, 7) is 66.7. The highest BCUT2D eigenvalue weighted by Gasteiger charge is 1.98. The Labute approximate surface area is 535 Å². The summed E-state index contributed by atoms with van der Waals surface area (Å²) in [5, 5.41) is 10.3. The van der Waals surface area contributed by atoms with E-state index in [-0.39, 0.29) is 0 Å².